The van der Waals surface area contributed by atoms with Gasteiger partial charge in [-0.2, -0.15) is 0 Å². The minimum absolute atomic E-state index is 0.0365. The van der Waals surface area contributed by atoms with Crippen LogP contribution in [0.5, 0.6) is 0 Å². The summed E-state index contributed by atoms with van der Waals surface area (Å²) in [6.07, 6.45) is 1.60. The van der Waals surface area contributed by atoms with Gasteiger partial charge in [0.1, 0.15) is 0 Å². The molecule has 1 N–H and O–H groups in total. The molecule has 1 fully saturated rings. The molecule has 0 aromatic heterocycles. The number of hydrogen-bond acceptors (Lipinski definition) is 5. The predicted octanol–water partition coefficient (Wildman–Crippen LogP) is 1.08. The number of unbranched alkanes of at least 4 members (excludes halogenated alkanes) is 1. The first-order valence-electron chi connectivity index (χ1n) is 7.35. The summed E-state index contributed by atoms with van der Waals surface area (Å²) in [6, 6.07) is 5.27. The summed E-state index contributed by atoms with van der Waals surface area (Å²) in [5.41, 5.74) is 0.159. The molecule has 9 heteroatoms. The van der Waals surface area contributed by atoms with E-state index in [4.69, 9.17) is 0 Å². The highest BCUT2D eigenvalue weighted by atomic mass is 32.2. The fourth-order valence-electron chi connectivity index (χ4n) is 2.31. The van der Waals surface area contributed by atoms with Crippen molar-refractivity contribution in [3.63, 3.8) is 0 Å². The molecule has 7 nitrogen and oxygen atoms in total. The lowest BCUT2D eigenvalue weighted by atomic mass is 10.2. The summed E-state index contributed by atoms with van der Waals surface area (Å²) in [5.74, 6) is -1.33. The Bertz CT molecular complexity index is 785. The van der Waals surface area contributed by atoms with E-state index in [0.717, 1.165) is 17.1 Å². The zero-order valence-corrected chi connectivity index (χ0v) is 14.7. The third-order valence-electron chi connectivity index (χ3n) is 3.56. The lowest BCUT2D eigenvalue weighted by Crippen LogP contribution is -2.30. The van der Waals surface area contributed by atoms with Gasteiger partial charge in [0.2, 0.25) is 26.0 Å². The van der Waals surface area contributed by atoms with Crippen LogP contribution < -0.4 is 9.03 Å². The highest BCUT2D eigenvalue weighted by molar-refractivity contribution is 7.94. The monoisotopic (exact) mass is 360 g/mol. The Balaban J connectivity index is 2.25. The number of hydrogen-bond donors (Lipinski definition) is 1. The van der Waals surface area contributed by atoms with Crippen LogP contribution in [-0.2, 0) is 24.8 Å². The molecule has 1 amide bonds. The number of carbonyl (C=O) groups excluding carboxylic acids is 1. The molecule has 2 rings (SSSR count). The standard InChI is InChI=1S/C14H20N2O5S2/c1-3-4-9-15-23(20,21)13-7-5-12(6-8-13)16-14(17)11(2)10-22(16,18)19/h5-8,11,15H,3-4,9-10H2,1-2H3/t11-/m0/s1. The highest BCUT2D eigenvalue weighted by Crippen LogP contribution is 2.28. The normalized spacial score (nSPS) is 20.9. The van der Waals surface area contributed by atoms with Crippen molar-refractivity contribution in [1.82, 2.24) is 4.72 Å². The summed E-state index contributed by atoms with van der Waals surface area (Å²) in [7, 11) is -7.31. The number of sulfonamides is 2. The molecule has 0 bridgehead atoms. The van der Waals surface area contributed by atoms with Gasteiger partial charge in [0.15, 0.2) is 0 Å². The number of carbonyl (C=O) groups is 1. The number of nitrogens with one attached hydrogen (secondary N) is 1. The van der Waals surface area contributed by atoms with Crippen LogP contribution in [0, 0.1) is 5.92 Å². The Hall–Kier alpha value is -1.45. The molecule has 128 valence electrons. The van der Waals surface area contributed by atoms with Crippen molar-refractivity contribution in [2.45, 2.75) is 31.6 Å². The first-order chi connectivity index (χ1) is 10.7. The van der Waals surface area contributed by atoms with E-state index in [1.165, 1.54) is 24.3 Å². The van der Waals surface area contributed by atoms with Crippen LogP contribution in [0.3, 0.4) is 0 Å². The molecule has 0 spiro atoms. The first-order valence-corrected chi connectivity index (χ1v) is 10.4. The van der Waals surface area contributed by atoms with E-state index >= 15 is 0 Å². The maximum atomic E-state index is 12.1. The van der Waals surface area contributed by atoms with Crippen molar-refractivity contribution < 1.29 is 21.6 Å². The SMILES string of the molecule is CCCCNS(=O)(=O)c1ccc(N2C(=O)[C@@H](C)CS2(=O)=O)cc1. The Kier molecular flexibility index (Phi) is 5.12. The molecule has 1 atom stereocenters. The van der Waals surface area contributed by atoms with Gasteiger partial charge in [0, 0.05) is 6.54 Å². The number of nitrogens with zero attached hydrogens (tertiary/aromatic N) is 1. The first kappa shape index (κ1) is 17.9. The largest absolute Gasteiger partial charge is 0.273 e. The number of benzene rings is 1. The average molecular weight is 360 g/mol. The molecule has 1 heterocycles. The second-order valence-electron chi connectivity index (χ2n) is 5.53. The van der Waals surface area contributed by atoms with Crippen LogP contribution in [-0.4, -0.2) is 35.0 Å². The van der Waals surface area contributed by atoms with Crippen LogP contribution in [0.25, 0.3) is 0 Å². The van der Waals surface area contributed by atoms with Gasteiger partial charge in [-0.05, 0) is 30.7 Å². The van der Waals surface area contributed by atoms with Crippen LogP contribution in [0.4, 0.5) is 5.69 Å². The topological polar surface area (TPSA) is 101 Å². The van der Waals surface area contributed by atoms with Crippen molar-refractivity contribution in [3.8, 4) is 0 Å². The van der Waals surface area contributed by atoms with E-state index in [2.05, 4.69) is 4.72 Å². The van der Waals surface area contributed by atoms with Gasteiger partial charge in [0.05, 0.1) is 22.3 Å². The van der Waals surface area contributed by atoms with Gasteiger partial charge in [-0.1, -0.05) is 20.3 Å². The molecule has 0 aliphatic carbocycles. The Morgan fingerprint density at radius 3 is 2.35 bits per heavy atom. The van der Waals surface area contributed by atoms with Crippen molar-refractivity contribution in [1.29, 1.82) is 0 Å². The van der Waals surface area contributed by atoms with Crippen LogP contribution in [0.15, 0.2) is 29.2 Å². The van der Waals surface area contributed by atoms with Crippen molar-refractivity contribution in [3.05, 3.63) is 24.3 Å². The molecule has 0 unspecified atom stereocenters. The van der Waals surface area contributed by atoms with E-state index < -0.39 is 31.9 Å². The van der Waals surface area contributed by atoms with Crippen LogP contribution in [0.1, 0.15) is 26.7 Å². The summed E-state index contributed by atoms with van der Waals surface area (Å²) < 4.78 is 51.4. The van der Waals surface area contributed by atoms with Gasteiger partial charge < -0.3 is 0 Å². The summed E-state index contributed by atoms with van der Waals surface area (Å²) >= 11 is 0. The maximum Gasteiger partial charge on any atom is 0.244 e. The van der Waals surface area contributed by atoms with E-state index in [-0.39, 0.29) is 16.3 Å². The van der Waals surface area contributed by atoms with Crippen molar-refractivity contribution in [2.24, 2.45) is 5.92 Å². The zero-order valence-electron chi connectivity index (χ0n) is 13.0. The maximum absolute atomic E-state index is 12.1. The third kappa shape index (κ3) is 3.73. The van der Waals surface area contributed by atoms with Gasteiger partial charge >= 0.3 is 0 Å². The molecular formula is C14H20N2O5S2. The molecule has 1 aliphatic heterocycles. The second-order valence-corrected chi connectivity index (χ2v) is 9.16. The zero-order chi connectivity index (χ0) is 17.3. The third-order valence-corrected chi connectivity index (χ3v) is 6.91. The van der Waals surface area contributed by atoms with Crippen LogP contribution in [0.2, 0.25) is 0 Å². The van der Waals surface area contributed by atoms with Gasteiger partial charge in [-0.3, -0.25) is 4.79 Å². The second kappa shape index (κ2) is 6.58. The molecular weight excluding hydrogens is 340 g/mol. The number of anilines is 1. The molecule has 1 aliphatic rings. The molecule has 1 saturated heterocycles. The lowest BCUT2D eigenvalue weighted by molar-refractivity contribution is -0.119. The van der Waals surface area contributed by atoms with E-state index in [1.807, 2.05) is 6.92 Å². The number of amides is 1. The minimum Gasteiger partial charge on any atom is -0.273 e. The van der Waals surface area contributed by atoms with Gasteiger partial charge in [-0.15, -0.1) is 0 Å². The minimum atomic E-state index is -3.69. The van der Waals surface area contributed by atoms with Crippen molar-refractivity contribution in [2.75, 3.05) is 16.6 Å². The van der Waals surface area contributed by atoms with E-state index in [9.17, 15) is 21.6 Å². The fourth-order valence-corrected chi connectivity index (χ4v) is 5.21. The quantitative estimate of drug-likeness (QED) is 0.765. The highest BCUT2D eigenvalue weighted by Gasteiger charge is 2.41. The smallest absolute Gasteiger partial charge is 0.244 e. The van der Waals surface area contributed by atoms with E-state index in [0.29, 0.717) is 6.54 Å². The molecule has 1 aromatic carbocycles. The van der Waals surface area contributed by atoms with Gasteiger partial charge in [-0.25, -0.2) is 25.9 Å². The summed E-state index contributed by atoms with van der Waals surface area (Å²) in [4.78, 5) is 12.0. The lowest BCUT2D eigenvalue weighted by Gasteiger charge is -2.15. The summed E-state index contributed by atoms with van der Waals surface area (Å²) in [6.45, 7) is 3.85. The van der Waals surface area contributed by atoms with Crippen molar-refractivity contribution >= 4 is 31.6 Å². The van der Waals surface area contributed by atoms with Crippen LogP contribution >= 0.6 is 0 Å². The predicted molar refractivity (Wildman–Crippen MR) is 87.0 cm³/mol. The number of rotatable bonds is 6. The Morgan fingerprint density at radius 2 is 1.87 bits per heavy atom. The average Bonchev–Trinajstić information content (AvgIpc) is 2.67. The van der Waals surface area contributed by atoms with E-state index in [1.54, 1.807) is 6.92 Å². The molecule has 0 radical (unpaired) electrons. The Labute approximate surface area is 136 Å². The summed E-state index contributed by atoms with van der Waals surface area (Å²) in [5, 5.41) is 0. The molecule has 1 aromatic rings. The Morgan fingerprint density at radius 1 is 1.26 bits per heavy atom. The molecule has 0 saturated carbocycles. The van der Waals surface area contributed by atoms with Gasteiger partial charge in [0.25, 0.3) is 0 Å². The molecule has 23 heavy (non-hydrogen) atoms. The fraction of sp³-hybridized carbons (Fsp3) is 0.500.